The van der Waals surface area contributed by atoms with Gasteiger partial charge in [-0.15, -0.1) is 10.2 Å². The van der Waals surface area contributed by atoms with Crippen molar-refractivity contribution in [3.63, 3.8) is 0 Å². The lowest BCUT2D eigenvalue weighted by Crippen LogP contribution is -2.42. The van der Waals surface area contributed by atoms with Crippen LogP contribution in [0.1, 0.15) is 61.3 Å². The van der Waals surface area contributed by atoms with Gasteiger partial charge in [-0.3, -0.25) is 14.4 Å². The number of carboxylic acid groups (broad SMARTS) is 1. The Morgan fingerprint density at radius 2 is 1.47 bits per heavy atom. The number of nitrogens with two attached hydrogens (primary N) is 1. The minimum atomic E-state index is -4.64. The highest BCUT2D eigenvalue weighted by Gasteiger charge is 2.40. The number of nitrogens with zero attached hydrogens (tertiary/aromatic N) is 5. The molecule has 2 fully saturated rings. The third-order valence-corrected chi connectivity index (χ3v) is 9.79. The van der Waals surface area contributed by atoms with Crippen molar-refractivity contribution in [3.05, 3.63) is 82.7 Å². The highest BCUT2D eigenvalue weighted by Crippen LogP contribution is 2.36. The lowest BCUT2D eigenvalue weighted by Gasteiger charge is -2.29. The van der Waals surface area contributed by atoms with Crippen LogP contribution in [-0.4, -0.2) is 73.1 Å². The fourth-order valence-corrected chi connectivity index (χ4v) is 7.10. The Labute approximate surface area is 290 Å². The standard InChI is InChI=1S/C19H25NO3.C16H15F6N5O/c21-18(20-12-15-8-4-5-9-16(15)13-20)11-17(19(22)23)10-14-6-2-1-3-7-14;17-10-6-12(19)11(18)4-8(10)3-9(23)5-14(28)26-1-2-27-13(7-26)24-25-15(27)16(20,21)22/h1-3,6-7,15-17H,4-5,8-13H2,(H,22,23);4,6,9H,1-3,5,7,23H2/t15-,16+,17-;9-/m01/s1. The van der Waals surface area contributed by atoms with Gasteiger partial charge in [-0.05, 0) is 54.7 Å². The maximum absolute atomic E-state index is 13.7. The number of halogens is 6. The monoisotopic (exact) mass is 722 g/mol. The van der Waals surface area contributed by atoms with E-state index in [1.165, 1.54) is 30.6 Å². The molecule has 3 heterocycles. The van der Waals surface area contributed by atoms with Crippen LogP contribution in [0.3, 0.4) is 0 Å². The van der Waals surface area contributed by atoms with Crippen molar-refractivity contribution in [3.8, 4) is 0 Å². The van der Waals surface area contributed by atoms with E-state index in [2.05, 4.69) is 10.2 Å². The zero-order chi connectivity index (χ0) is 36.9. The Morgan fingerprint density at radius 1 is 0.843 bits per heavy atom. The molecule has 3 N–H and O–H groups in total. The Hall–Kier alpha value is -4.47. The van der Waals surface area contributed by atoms with Crippen molar-refractivity contribution in [2.45, 2.75) is 76.7 Å². The molecule has 0 spiro atoms. The van der Waals surface area contributed by atoms with Crippen molar-refractivity contribution < 1.29 is 45.8 Å². The molecule has 2 aromatic carbocycles. The van der Waals surface area contributed by atoms with Gasteiger partial charge in [0.25, 0.3) is 0 Å². The topological polar surface area (TPSA) is 135 Å². The minimum Gasteiger partial charge on any atom is -0.481 e. The van der Waals surface area contributed by atoms with Crippen LogP contribution in [0.5, 0.6) is 0 Å². The van der Waals surface area contributed by atoms with Crippen LogP contribution in [0.2, 0.25) is 0 Å². The molecular weight excluding hydrogens is 682 g/mol. The summed E-state index contributed by atoms with van der Waals surface area (Å²) in [4.78, 5) is 39.6. The summed E-state index contributed by atoms with van der Waals surface area (Å²) in [6.07, 6.45) is 0.418. The van der Waals surface area contributed by atoms with Gasteiger partial charge in [-0.25, -0.2) is 13.2 Å². The number of alkyl halides is 3. The van der Waals surface area contributed by atoms with Crippen molar-refractivity contribution in [1.29, 1.82) is 0 Å². The summed E-state index contributed by atoms with van der Waals surface area (Å²) in [5.74, 6) is -5.35. The number of likely N-dealkylation sites (tertiary alicyclic amines) is 1. The van der Waals surface area contributed by atoms with Crippen molar-refractivity contribution >= 4 is 17.8 Å². The van der Waals surface area contributed by atoms with Crippen molar-refractivity contribution in [2.24, 2.45) is 23.5 Å². The van der Waals surface area contributed by atoms with Crippen molar-refractivity contribution in [2.75, 3.05) is 19.6 Å². The smallest absolute Gasteiger partial charge is 0.451 e. The zero-order valence-corrected chi connectivity index (χ0v) is 27.8. The molecule has 0 bridgehead atoms. The Morgan fingerprint density at radius 3 is 2.10 bits per heavy atom. The summed E-state index contributed by atoms with van der Waals surface area (Å²) in [6.45, 7) is 1.37. The number of aromatic nitrogens is 3. The summed E-state index contributed by atoms with van der Waals surface area (Å²) in [6, 6.07) is 9.75. The van der Waals surface area contributed by atoms with Gasteiger partial charge < -0.3 is 25.2 Å². The molecule has 51 heavy (non-hydrogen) atoms. The van der Waals surface area contributed by atoms with Gasteiger partial charge in [0.2, 0.25) is 17.6 Å². The lowest BCUT2D eigenvalue weighted by atomic mass is 9.82. The predicted octanol–water partition coefficient (Wildman–Crippen LogP) is 4.99. The van der Waals surface area contributed by atoms with Crippen LogP contribution in [0, 0.1) is 35.2 Å². The third kappa shape index (κ3) is 9.65. The second-order valence-corrected chi connectivity index (χ2v) is 13.5. The second-order valence-electron chi connectivity index (χ2n) is 13.5. The number of hydrogen-bond acceptors (Lipinski definition) is 6. The fourth-order valence-electron chi connectivity index (χ4n) is 7.10. The molecule has 10 nitrogen and oxygen atoms in total. The maximum atomic E-state index is 13.7. The number of rotatable bonds is 9. The highest BCUT2D eigenvalue weighted by molar-refractivity contribution is 5.82. The predicted molar refractivity (Wildman–Crippen MR) is 171 cm³/mol. The normalized spacial score (nSPS) is 19.7. The molecule has 1 aliphatic carbocycles. The number of carboxylic acids is 1. The van der Waals surface area contributed by atoms with Gasteiger partial charge in [0.05, 0.1) is 12.5 Å². The number of amides is 2. The molecule has 3 aromatic rings. The van der Waals surface area contributed by atoms with Crippen LogP contribution >= 0.6 is 0 Å². The number of carbonyl (C=O) groups excluding carboxylic acids is 2. The van der Waals surface area contributed by atoms with Gasteiger partial charge in [-0.1, -0.05) is 43.2 Å². The molecular formula is C35H40F6N6O4. The third-order valence-electron chi connectivity index (χ3n) is 9.79. The lowest BCUT2D eigenvalue weighted by molar-refractivity contribution is -0.148. The van der Waals surface area contributed by atoms with E-state index in [-0.39, 0.29) is 56.2 Å². The Bertz CT molecular complexity index is 1690. The van der Waals surface area contributed by atoms with E-state index < -0.39 is 53.3 Å². The first kappa shape index (κ1) is 37.8. The highest BCUT2D eigenvalue weighted by atomic mass is 19.4. The summed E-state index contributed by atoms with van der Waals surface area (Å²) in [5.41, 5.74) is 6.61. The molecule has 4 atom stereocenters. The van der Waals surface area contributed by atoms with E-state index in [0.29, 0.717) is 30.4 Å². The van der Waals surface area contributed by atoms with E-state index >= 15 is 0 Å². The molecule has 2 amide bonds. The van der Waals surface area contributed by atoms with E-state index in [1.807, 2.05) is 35.2 Å². The van der Waals surface area contributed by atoms with E-state index in [1.54, 1.807) is 0 Å². The molecule has 0 radical (unpaired) electrons. The van der Waals surface area contributed by atoms with E-state index in [0.717, 1.165) is 23.2 Å². The van der Waals surface area contributed by atoms with Crippen LogP contribution < -0.4 is 5.73 Å². The van der Waals surface area contributed by atoms with E-state index in [9.17, 15) is 45.8 Å². The molecule has 276 valence electrons. The first-order valence-corrected chi connectivity index (χ1v) is 16.9. The zero-order valence-electron chi connectivity index (χ0n) is 27.8. The van der Waals surface area contributed by atoms with Gasteiger partial charge in [0.15, 0.2) is 17.5 Å². The SMILES string of the molecule is N[C@@H](CC(=O)N1CCn2c(nnc2C(F)(F)F)C1)Cc1cc(F)c(F)cc1F.O=C(O)[C@H](CC(=O)N1C[C@H]2CCCC[C@H]2C1)Cc1ccccc1. The molecule has 0 unspecified atom stereocenters. The van der Waals surface area contributed by atoms with Crippen molar-refractivity contribution in [1.82, 2.24) is 24.6 Å². The average molecular weight is 723 g/mol. The number of benzene rings is 2. The van der Waals surface area contributed by atoms with Gasteiger partial charge >= 0.3 is 12.1 Å². The Balaban J connectivity index is 0.000000201. The van der Waals surface area contributed by atoms with Gasteiger partial charge in [0, 0.05) is 51.1 Å². The molecule has 2 aliphatic heterocycles. The number of carbonyl (C=O) groups is 3. The van der Waals surface area contributed by atoms with Crippen LogP contribution in [0.25, 0.3) is 0 Å². The molecule has 1 saturated carbocycles. The summed E-state index contributed by atoms with van der Waals surface area (Å²) in [5, 5.41) is 16.1. The number of hydrogen-bond donors (Lipinski definition) is 2. The largest absolute Gasteiger partial charge is 0.481 e. The van der Waals surface area contributed by atoms with E-state index in [4.69, 9.17) is 5.73 Å². The van der Waals surface area contributed by atoms with Gasteiger partial charge in [0.1, 0.15) is 5.82 Å². The van der Waals surface area contributed by atoms with Crippen LogP contribution in [0.15, 0.2) is 42.5 Å². The first-order chi connectivity index (χ1) is 24.2. The summed E-state index contributed by atoms with van der Waals surface area (Å²) >= 11 is 0. The van der Waals surface area contributed by atoms with Crippen LogP contribution in [-0.2, 0) is 46.5 Å². The first-order valence-electron chi connectivity index (χ1n) is 16.9. The molecule has 6 rings (SSSR count). The molecule has 16 heteroatoms. The number of fused-ring (bicyclic) bond motifs is 2. The Kier molecular flexibility index (Phi) is 12.0. The quantitative estimate of drug-likeness (QED) is 0.235. The maximum Gasteiger partial charge on any atom is 0.451 e. The summed E-state index contributed by atoms with van der Waals surface area (Å²) < 4.78 is 79.3. The fraction of sp³-hybridized carbons (Fsp3) is 0.514. The molecule has 1 aromatic heterocycles. The average Bonchev–Trinajstić information content (AvgIpc) is 3.72. The van der Waals surface area contributed by atoms with Gasteiger partial charge in [-0.2, -0.15) is 13.2 Å². The second kappa shape index (κ2) is 16.3. The summed E-state index contributed by atoms with van der Waals surface area (Å²) in [7, 11) is 0. The van der Waals surface area contributed by atoms with Crippen LogP contribution in [0.4, 0.5) is 26.3 Å². The molecule has 1 saturated heterocycles. The minimum absolute atomic E-state index is 0.000783. The number of aliphatic carboxylic acids is 1. The molecule has 3 aliphatic rings.